The van der Waals surface area contributed by atoms with Gasteiger partial charge in [-0.05, 0) is 18.2 Å². The zero-order valence-electron chi connectivity index (χ0n) is 11.2. The molecule has 21 heavy (non-hydrogen) atoms. The van der Waals surface area contributed by atoms with Gasteiger partial charge >= 0.3 is 5.97 Å². The lowest BCUT2D eigenvalue weighted by molar-refractivity contribution is 0.0699. The number of para-hydroxylation sites is 1. The molecule has 1 N–H and O–H groups in total. The second-order valence-electron chi connectivity index (χ2n) is 4.53. The van der Waals surface area contributed by atoms with Gasteiger partial charge in [-0.2, -0.15) is 0 Å². The number of hydrogen-bond acceptors (Lipinski definition) is 2. The fourth-order valence-corrected chi connectivity index (χ4v) is 2.79. The Morgan fingerprint density at radius 2 is 1.95 bits per heavy atom. The molecule has 0 bridgehead atoms. The first kappa shape index (κ1) is 13.5. The highest BCUT2D eigenvalue weighted by Crippen LogP contribution is 2.33. The van der Waals surface area contributed by atoms with Crippen LogP contribution in [0.3, 0.4) is 0 Å². The minimum Gasteiger partial charge on any atom is -0.497 e. The molecule has 0 unspecified atom stereocenters. The highest BCUT2D eigenvalue weighted by atomic mass is 35.5. The number of methoxy groups -OCH3 is 1. The van der Waals surface area contributed by atoms with Crippen molar-refractivity contribution in [1.82, 2.24) is 4.57 Å². The quantitative estimate of drug-likeness (QED) is 0.796. The van der Waals surface area contributed by atoms with Crippen molar-refractivity contribution in [3.8, 4) is 11.4 Å². The third-order valence-corrected chi connectivity index (χ3v) is 3.70. The van der Waals surface area contributed by atoms with E-state index in [2.05, 4.69) is 0 Å². The van der Waals surface area contributed by atoms with Gasteiger partial charge in [0, 0.05) is 11.5 Å². The van der Waals surface area contributed by atoms with Crippen molar-refractivity contribution in [2.75, 3.05) is 7.11 Å². The van der Waals surface area contributed by atoms with Crippen LogP contribution in [-0.2, 0) is 0 Å². The van der Waals surface area contributed by atoms with E-state index in [0.717, 1.165) is 11.2 Å². The van der Waals surface area contributed by atoms with Crippen molar-refractivity contribution >= 4 is 28.5 Å². The number of carbonyl (C=O) groups is 1. The lowest BCUT2D eigenvalue weighted by Gasteiger charge is -2.09. The lowest BCUT2D eigenvalue weighted by atomic mass is 10.2. The number of nitrogens with zero attached hydrogens (tertiary/aromatic N) is 1. The molecule has 106 valence electrons. The minimum atomic E-state index is -1.04. The van der Waals surface area contributed by atoms with Gasteiger partial charge in [0.05, 0.1) is 18.3 Å². The first-order valence-electron chi connectivity index (χ1n) is 6.30. The summed E-state index contributed by atoms with van der Waals surface area (Å²) >= 11 is 6.32. The van der Waals surface area contributed by atoms with Crippen LogP contribution in [0.5, 0.6) is 5.75 Å². The van der Waals surface area contributed by atoms with E-state index in [4.69, 9.17) is 16.3 Å². The van der Waals surface area contributed by atoms with E-state index in [1.54, 1.807) is 23.8 Å². The van der Waals surface area contributed by atoms with Crippen molar-refractivity contribution in [1.29, 1.82) is 0 Å². The Kier molecular flexibility index (Phi) is 3.31. The van der Waals surface area contributed by atoms with Crippen LogP contribution in [0.2, 0.25) is 5.15 Å². The van der Waals surface area contributed by atoms with Crippen molar-refractivity contribution in [3.05, 3.63) is 59.2 Å². The topological polar surface area (TPSA) is 51.5 Å². The molecule has 0 saturated carbocycles. The minimum absolute atomic E-state index is 0.107. The first-order chi connectivity index (χ1) is 10.1. The molecular weight excluding hydrogens is 290 g/mol. The molecule has 3 aromatic rings. The summed E-state index contributed by atoms with van der Waals surface area (Å²) in [5, 5.41) is 10.2. The zero-order chi connectivity index (χ0) is 15.0. The molecule has 0 radical (unpaired) electrons. The average Bonchev–Trinajstić information content (AvgIpc) is 2.79. The number of rotatable bonds is 3. The molecule has 0 atom stereocenters. The molecule has 0 spiro atoms. The molecule has 3 rings (SSSR count). The summed E-state index contributed by atoms with van der Waals surface area (Å²) in [5.41, 5.74) is 1.60. The standard InChI is InChI=1S/C16H12ClNO3/c1-21-11-6-4-5-10(9-11)18-13-8-3-2-7-12(13)14(15(18)17)16(19)20/h2-9H,1H3,(H,19,20). The Morgan fingerprint density at radius 3 is 2.67 bits per heavy atom. The second kappa shape index (κ2) is 5.14. The summed E-state index contributed by atoms with van der Waals surface area (Å²) < 4.78 is 6.92. The summed E-state index contributed by atoms with van der Waals surface area (Å²) in [6.45, 7) is 0. The summed E-state index contributed by atoms with van der Waals surface area (Å²) in [5.74, 6) is -0.365. The Balaban J connectivity index is 2.37. The number of carboxylic acids is 1. The second-order valence-corrected chi connectivity index (χ2v) is 4.88. The average molecular weight is 302 g/mol. The molecule has 0 amide bonds. The molecule has 4 nitrogen and oxygen atoms in total. The number of ether oxygens (including phenoxy) is 1. The number of aromatic nitrogens is 1. The fraction of sp³-hybridized carbons (Fsp3) is 0.0625. The number of hydrogen-bond donors (Lipinski definition) is 1. The van der Waals surface area contributed by atoms with Gasteiger partial charge in [-0.1, -0.05) is 35.9 Å². The molecule has 0 saturated heterocycles. The first-order valence-corrected chi connectivity index (χ1v) is 6.68. The Hall–Kier alpha value is -2.46. The van der Waals surface area contributed by atoms with Gasteiger partial charge in [0.2, 0.25) is 0 Å². The Morgan fingerprint density at radius 1 is 1.19 bits per heavy atom. The summed E-state index contributed by atoms with van der Waals surface area (Å²) in [6, 6.07) is 14.5. The van der Waals surface area contributed by atoms with E-state index in [0.29, 0.717) is 11.1 Å². The predicted octanol–water partition coefficient (Wildman–Crippen LogP) is 3.99. The number of fused-ring (bicyclic) bond motifs is 1. The van der Waals surface area contributed by atoms with Crippen LogP contribution in [0, 0.1) is 0 Å². The van der Waals surface area contributed by atoms with E-state index >= 15 is 0 Å². The van der Waals surface area contributed by atoms with Crippen molar-refractivity contribution in [3.63, 3.8) is 0 Å². The highest BCUT2D eigenvalue weighted by molar-refractivity contribution is 6.35. The largest absolute Gasteiger partial charge is 0.497 e. The van der Waals surface area contributed by atoms with Crippen molar-refractivity contribution < 1.29 is 14.6 Å². The molecular formula is C16H12ClNO3. The van der Waals surface area contributed by atoms with Crippen LogP contribution in [0.1, 0.15) is 10.4 Å². The van der Waals surface area contributed by atoms with Crippen LogP contribution >= 0.6 is 11.6 Å². The third kappa shape index (κ3) is 2.14. The summed E-state index contributed by atoms with van der Waals surface area (Å²) in [6.07, 6.45) is 0. The molecule has 1 aromatic heterocycles. The molecule has 5 heteroatoms. The van der Waals surface area contributed by atoms with Gasteiger partial charge < -0.3 is 9.84 Å². The van der Waals surface area contributed by atoms with Crippen LogP contribution in [-0.4, -0.2) is 22.8 Å². The summed E-state index contributed by atoms with van der Waals surface area (Å²) in [4.78, 5) is 11.5. The van der Waals surface area contributed by atoms with E-state index in [1.165, 1.54) is 0 Å². The molecule has 0 aliphatic carbocycles. The molecule has 0 fully saturated rings. The zero-order valence-corrected chi connectivity index (χ0v) is 12.0. The number of aromatic carboxylic acids is 1. The Labute approximate surface area is 126 Å². The third-order valence-electron chi connectivity index (χ3n) is 3.34. The van der Waals surface area contributed by atoms with E-state index in [-0.39, 0.29) is 10.7 Å². The van der Waals surface area contributed by atoms with Gasteiger partial charge in [0.15, 0.2) is 0 Å². The summed E-state index contributed by atoms with van der Waals surface area (Å²) in [7, 11) is 1.58. The SMILES string of the molecule is COc1cccc(-n2c(Cl)c(C(=O)O)c3ccccc32)c1. The molecule has 0 aliphatic rings. The van der Waals surface area contributed by atoms with Crippen LogP contribution < -0.4 is 4.74 Å². The number of carboxylic acid groups (broad SMARTS) is 1. The monoisotopic (exact) mass is 301 g/mol. The lowest BCUT2D eigenvalue weighted by Crippen LogP contribution is -1.98. The van der Waals surface area contributed by atoms with Crippen LogP contribution in [0.25, 0.3) is 16.6 Å². The maximum atomic E-state index is 11.5. The van der Waals surface area contributed by atoms with Crippen LogP contribution in [0.15, 0.2) is 48.5 Å². The number of halogens is 1. The van der Waals surface area contributed by atoms with Crippen molar-refractivity contribution in [2.45, 2.75) is 0 Å². The van der Waals surface area contributed by atoms with Gasteiger partial charge in [-0.25, -0.2) is 4.79 Å². The molecule has 1 heterocycles. The van der Waals surface area contributed by atoms with Gasteiger partial charge in [0.25, 0.3) is 0 Å². The van der Waals surface area contributed by atoms with Gasteiger partial charge in [-0.15, -0.1) is 0 Å². The van der Waals surface area contributed by atoms with Crippen molar-refractivity contribution in [2.24, 2.45) is 0 Å². The van der Waals surface area contributed by atoms with Crippen LogP contribution in [0.4, 0.5) is 0 Å². The molecule has 2 aromatic carbocycles. The van der Waals surface area contributed by atoms with E-state index in [9.17, 15) is 9.90 Å². The smallest absolute Gasteiger partial charge is 0.339 e. The Bertz CT molecular complexity index is 839. The van der Waals surface area contributed by atoms with E-state index < -0.39 is 5.97 Å². The van der Waals surface area contributed by atoms with Gasteiger partial charge in [0.1, 0.15) is 16.5 Å². The fourth-order valence-electron chi connectivity index (χ4n) is 2.41. The maximum absolute atomic E-state index is 11.5. The number of benzene rings is 2. The predicted molar refractivity (Wildman–Crippen MR) is 81.8 cm³/mol. The maximum Gasteiger partial charge on any atom is 0.339 e. The van der Waals surface area contributed by atoms with Gasteiger partial charge in [-0.3, -0.25) is 4.57 Å². The van der Waals surface area contributed by atoms with E-state index in [1.807, 2.05) is 36.4 Å². The highest BCUT2D eigenvalue weighted by Gasteiger charge is 2.21. The molecule has 0 aliphatic heterocycles. The normalized spacial score (nSPS) is 10.8.